The molecule has 7 nitrogen and oxygen atoms in total. The first-order valence-corrected chi connectivity index (χ1v) is 10.1. The number of hydrogen-bond acceptors (Lipinski definition) is 4. The van der Waals surface area contributed by atoms with Crippen LogP contribution in [0.2, 0.25) is 0 Å². The van der Waals surface area contributed by atoms with Crippen LogP contribution in [0.3, 0.4) is 0 Å². The lowest BCUT2D eigenvalue weighted by molar-refractivity contribution is -0.125. The molecule has 1 aromatic carbocycles. The van der Waals surface area contributed by atoms with Gasteiger partial charge in [-0.3, -0.25) is 14.2 Å². The molecule has 1 amide bonds. The zero-order valence-electron chi connectivity index (χ0n) is 14.6. The lowest BCUT2D eigenvalue weighted by atomic mass is 9.72. The predicted molar refractivity (Wildman–Crippen MR) is 108 cm³/mol. The molecule has 0 bridgehead atoms. The minimum Gasteiger partial charge on any atom is -0.345 e. The molecule has 3 aromatic rings. The standard InChI is InChI=1S/C18H17Br2N5O2/c1-24-16-14(15(20)23-24)17(27)25(10-21-16)9-13(26)22-18(6-3-7-18)11-4-2-5-12(19)8-11/h2,4-5,8,10H,3,6-7,9H2,1H3,(H,22,26). The average Bonchev–Trinajstić information content (AvgIpc) is 2.88. The van der Waals surface area contributed by atoms with Gasteiger partial charge in [-0.05, 0) is 52.9 Å². The van der Waals surface area contributed by atoms with Gasteiger partial charge in [0.25, 0.3) is 5.56 Å². The number of carbonyl (C=O) groups excluding carboxylic acids is 1. The first-order chi connectivity index (χ1) is 12.9. The number of aromatic nitrogens is 4. The number of fused-ring (bicyclic) bond motifs is 1. The average molecular weight is 495 g/mol. The lowest BCUT2D eigenvalue weighted by Crippen LogP contribution is -2.52. The summed E-state index contributed by atoms with van der Waals surface area (Å²) >= 11 is 6.78. The number of carbonyl (C=O) groups is 1. The number of hydrogen-bond donors (Lipinski definition) is 1. The maximum absolute atomic E-state index is 12.7. The molecule has 1 N–H and O–H groups in total. The Morgan fingerprint density at radius 3 is 2.78 bits per heavy atom. The predicted octanol–water partition coefficient (Wildman–Crippen LogP) is 2.85. The summed E-state index contributed by atoms with van der Waals surface area (Å²) in [6, 6.07) is 7.99. The quantitative estimate of drug-likeness (QED) is 0.604. The molecular formula is C18H17Br2N5O2. The van der Waals surface area contributed by atoms with Crippen molar-refractivity contribution in [1.29, 1.82) is 0 Å². The molecule has 2 heterocycles. The Balaban J connectivity index is 1.59. The minimum atomic E-state index is -0.364. The third-order valence-electron chi connectivity index (χ3n) is 5.05. The van der Waals surface area contributed by atoms with E-state index in [0.29, 0.717) is 15.6 Å². The van der Waals surface area contributed by atoms with Crippen molar-refractivity contribution in [1.82, 2.24) is 24.6 Å². The molecular weight excluding hydrogens is 478 g/mol. The van der Waals surface area contributed by atoms with Gasteiger partial charge in [0, 0.05) is 11.5 Å². The fourth-order valence-corrected chi connectivity index (χ4v) is 4.50. The molecule has 0 unspecified atom stereocenters. The summed E-state index contributed by atoms with van der Waals surface area (Å²) in [5.41, 5.74) is 0.900. The molecule has 2 aromatic heterocycles. The van der Waals surface area contributed by atoms with Crippen LogP contribution >= 0.6 is 31.9 Å². The van der Waals surface area contributed by atoms with Crippen LogP contribution in [-0.4, -0.2) is 25.2 Å². The zero-order valence-corrected chi connectivity index (χ0v) is 17.7. The van der Waals surface area contributed by atoms with Crippen molar-refractivity contribution in [3.63, 3.8) is 0 Å². The Kier molecular flexibility index (Phi) is 4.67. The molecule has 1 aliphatic rings. The number of rotatable bonds is 4. The second kappa shape index (κ2) is 6.87. The van der Waals surface area contributed by atoms with Gasteiger partial charge in [0.05, 0.1) is 5.54 Å². The van der Waals surface area contributed by atoms with E-state index in [1.807, 2.05) is 24.3 Å². The number of nitrogens with one attached hydrogen (secondary N) is 1. The first-order valence-electron chi connectivity index (χ1n) is 8.54. The molecule has 9 heteroatoms. The van der Waals surface area contributed by atoms with Gasteiger partial charge in [-0.15, -0.1) is 0 Å². The Morgan fingerprint density at radius 1 is 1.33 bits per heavy atom. The van der Waals surface area contributed by atoms with Gasteiger partial charge >= 0.3 is 0 Å². The van der Waals surface area contributed by atoms with Crippen molar-refractivity contribution in [3.8, 4) is 0 Å². The fourth-order valence-electron chi connectivity index (χ4n) is 3.51. The van der Waals surface area contributed by atoms with E-state index in [4.69, 9.17) is 0 Å². The lowest BCUT2D eigenvalue weighted by Gasteiger charge is -2.43. The molecule has 4 rings (SSSR count). The Hall–Kier alpha value is -2.00. The number of amides is 1. The molecule has 1 fully saturated rings. The van der Waals surface area contributed by atoms with E-state index in [1.54, 1.807) is 7.05 Å². The summed E-state index contributed by atoms with van der Waals surface area (Å²) in [5, 5.41) is 7.66. The zero-order chi connectivity index (χ0) is 19.2. The van der Waals surface area contributed by atoms with E-state index in [2.05, 4.69) is 47.3 Å². The number of nitrogens with zero attached hydrogens (tertiary/aromatic N) is 4. The van der Waals surface area contributed by atoms with E-state index >= 15 is 0 Å². The van der Waals surface area contributed by atoms with E-state index in [-0.39, 0.29) is 23.6 Å². The van der Waals surface area contributed by atoms with Crippen molar-refractivity contribution in [2.24, 2.45) is 7.05 Å². The van der Waals surface area contributed by atoms with Crippen LogP contribution in [0.25, 0.3) is 11.0 Å². The van der Waals surface area contributed by atoms with Crippen LogP contribution in [0.4, 0.5) is 0 Å². The van der Waals surface area contributed by atoms with E-state index in [1.165, 1.54) is 15.6 Å². The van der Waals surface area contributed by atoms with Crippen LogP contribution in [0.15, 0.2) is 44.5 Å². The van der Waals surface area contributed by atoms with Crippen molar-refractivity contribution >= 4 is 48.8 Å². The Labute approximate surface area is 172 Å². The highest BCUT2D eigenvalue weighted by atomic mass is 79.9. The second-order valence-corrected chi connectivity index (χ2v) is 8.45. The summed E-state index contributed by atoms with van der Waals surface area (Å²) in [4.78, 5) is 29.7. The summed E-state index contributed by atoms with van der Waals surface area (Å²) in [6.45, 7) is -0.0845. The molecule has 0 atom stereocenters. The summed E-state index contributed by atoms with van der Waals surface area (Å²) < 4.78 is 4.25. The largest absolute Gasteiger partial charge is 0.345 e. The summed E-state index contributed by atoms with van der Waals surface area (Å²) in [6.07, 6.45) is 4.22. The van der Waals surface area contributed by atoms with E-state index in [0.717, 1.165) is 29.3 Å². The van der Waals surface area contributed by atoms with Crippen molar-refractivity contribution < 1.29 is 4.79 Å². The number of aryl methyl sites for hydroxylation is 1. The minimum absolute atomic E-state index is 0.0845. The Morgan fingerprint density at radius 2 is 2.11 bits per heavy atom. The van der Waals surface area contributed by atoms with Gasteiger partial charge in [0.2, 0.25) is 5.91 Å². The molecule has 27 heavy (non-hydrogen) atoms. The highest BCUT2D eigenvalue weighted by molar-refractivity contribution is 9.10. The van der Waals surface area contributed by atoms with Crippen molar-refractivity contribution in [2.75, 3.05) is 0 Å². The van der Waals surface area contributed by atoms with Crippen LogP contribution in [-0.2, 0) is 23.9 Å². The second-order valence-electron chi connectivity index (χ2n) is 6.78. The van der Waals surface area contributed by atoms with Crippen LogP contribution in [0.5, 0.6) is 0 Å². The van der Waals surface area contributed by atoms with Gasteiger partial charge in [0.15, 0.2) is 5.65 Å². The van der Waals surface area contributed by atoms with Gasteiger partial charge in [0.1, 0.15) is 22.9 Å². The van der Waals surface area contributed by atoms with Crippen LogP contribution in [0.1, 0.15) is 24.8 Å². The fraction of sp³-hybridized carbons (Fsp3) is 0.333. The third kappa shape index (κ3) is 3.23. The van der Waals surface area contributed by atoms with E-state index < -0.39 is 0 Å². The summed E-state index contributed by atoms with van der Waals surface area (Å²) in [5.74, 6) is -0.210. The van der Waals surface area contributed by atoms with Crippen molar-refractivity contribution in [2.45, 2.75) is 31.3 Å². The molecule has 1 aliphatic carbocycles. The van der Waals surface area contributed by atoms with Gasteiger partial charge < -0.3 is 5.32 Å². The van der Waals surface area contributed by atoms with E-state index in [9.17, 15) is 9.59 Å². The maximum atomic E-state index is 12.7. The highest BCUT2D eigenvalue weighted by Gasteiger charge is 2.40. The molecule has 0 spiro atoms. The molecule has 0 saturated heterocycles. The van der Waals surface area contributed by atoms with Gasteiger partial charge in [-0.25, -0.2) is 9.67 Å². The normalized spacial score (nSPS) is 15.5. The van der Waals surface area contributed by atoms with Crippen molar-refractivity contribution in [3.05, 3.63) is 55.6 Å². The molecule has 140 valence electrons. The van der Waals surface area contributed by atoms with Gasteiger partial charge in [-0.1, -0.05) is 28.1 Å². The first kappa shape index (κ1) is 18.4. The van der Waals surface area contributed by atoms with Crippen LogP contribution < -0.4 is 10.9 Å². The smallest absolute Gasteiger partial charge is 0.266 e. The number of halogens is 2. The molecule has 0 aliphatic heterocycles. The Bertz CT molecular complexity index is 1100. The summed E-state index contributed by atoms with van der Waals surface area (Å²) in [7, 11) is 1.72. The third-order valence-corrected chi connectivity index (χ3v) is 6.09. The highest BCUT2D eigenvalue weighted by Crippen LogP contribution is 2.41. The van der Waals surface area contributed by atoms with Gasteiger partial charge in [-0.2, -0.15) is 5.10 Å². The maximum Gasteiger partial charge on any atom is 0.266 e. The number of benzene rings is 1. The monoisotopic (exact) mass is 493 g/mol. The SMILES string of the molecule is Cn1nc(Br)c2c(=O)n(CC(=O)NC3(c4cccc(Br)c4)CCC3)cnc21. The van der Waals surface area contributed by atoms with Crippen LogP contribution in [0, 0.1) is 0 Å². The topological polar surface area (TPSA) is 81.8 Å². The molecule has 1 saturated carbocycles. The molecule has 0 radical (unpaired) electrons.